The number of aromatic hydroxyl groups is 1. The molecule has 0 spiro atoms. The largest absolute Gasteiger partial charge is 0.506 e. The molecule has 1 aromatic heterocycles. The first-order chi connectivity index (χ1) is 8.98. The fourth-order valence-electron chi connectivity index (χ4n) is 1.62. The van der Waals surface area contributed by atoms with Gasteiger partial charge in [0.05, 0.1) is 12.2 Å². The topological polar surface area (TPSA) is 90.7 Å². The number of para-hydroxylation sites is 2. The van der Waals surface area contributed by atoms with Crippen LogP contribution in [0.5, 0.6) is 5.75 Å². The second-order valence-corrected chi connectivity index (χ2v) is 5.17. The molecule has 100 valence electrons. The molecule has 0 aliphatic heterocycles. The number of rotatable bonds is 4. The summed E-state index contributed by atoms with van der Waals surface area (Å²) < 4.78 is 32.9. The molecule has 0 saturated heterocycles. The summed E-state index contributed by atoms with van der Waals surface area (Å²) in [4.78, 5) is 3.87. The molecule has 1 aromatic carbocycles. The van der Waals surface area contributed by atoms with Gasteiger partial charge in [-0.25, -0.2) is 4.31 Å². The number of benzene rings is 1. The number of nitrogens with zero attached hydrogens (tertiary/aromatic N) is 2. The zero-order valence-electron chi connectivity index (χ0n) is 9.84. The highest BCUT2D eigenvalue weighted by Crippen LogP contribution is 2.29. The van der Waals surface area contributed by atoms with Gasteiger partial charge in [-0.2, -0.15) is 8.42 Å². The Bertz CT molecular complexity index is 658. The van der Waals surface area contributed by atoms with E-state index in [-0.39, 0.29) is 18.0 Å². The lowest BCUT2D eigenvalue weighted by Gasteiger charge is -2.21. The van der Waals surface area contributed by atoms with Crippen LogP contribution in [0.4, 0.5) is 5.69 Å². The highest BCUT2D eigenvalue weighted by Gasteiger charge is 2.22. The minimum atomic E-state index is -4.49. The van der Waals surface area contributed by atoms with Gasteiger partial charge in [0.15, 0.2) is 0 Å². The smallest absolute Gasteiger partial charge is 0.360 e. The second kappa shape index (κ2) is 5.25. The molecule has 0 unspecified atom stereocenters. The van der Waals surface area contributed by atoms with E-state index in [1.165, 1.54) is 18.3 Å². The predicted molar refractivity (Wildman–Crippen MR) is 70.1 cm³/mol. The van der Waals surface area contributed by atoms with Crippen molar-refractivity contribution >= 4 is 16.0 Å². The Hall–Kier alpha value is -2.12. The molecule has 0 radical (unpaired) electrons. The van der Waals surface area contributed by atoms with E-state index in [4.69, 9.17) is 0 Å². The van der Waals surface area contributed by atoms with Crippen LogP contribution in [0.25, 0.3) is 0 Å². The molecule has 7 heteroatoms. The van der Waals surface area contributed by atoms with E-state index < -0.39 is 10.3 Å². The van der Waals surface area contributed by atoms with Crippen LogP contribution >= 0.6 is 0 Å². The summed E-state index contributed by atoms with van der Waals surface area (Å²) in [6.07, 6.45) is 3.04. The average molecular weight is 280 g/mol. The van der Waals surface area contributed by atoms with Crippen molar-refractivity contribution in [1.82, 2.24) is 4.98 Å². The fraction of sp³-hybridized carbons (Fsp3) is 0.0833. The molecule has 0 atom stereocenters. The Balaban J connectivity index is 2.41. The van der Waals surface area contributed by atoms with Crippen molar-refractivity contribution in [3.63, 3.8) is 0 Å². The van der Waals surface area contributed by atoms with E-state index in [9.17, 15) is 18.1 Å². The summed E-state index contributed by atoms with van der Waals surface area (Å²) in [5, 5.41) is 9.69. The minimum Gasteiger partial charge on any atom is -0.506 e. The summed E-state index contributed by atoms with van der Waals surface area (Å²) in [5.74, 6) is -0.232. The molecule has 2 rings (SSSR count). The van der Waals surface area contributed by atoms with Gasteiger partial charge in [-0.05, 0) is 23.8 Å². The van der Waals surface area contributed by atoms with Crippen LogP contribution in [0.2, 0.25) is 0 Å². The third-order valence-electron chi connectivity index (χ3n) is 2.48. The number of phenols is 1. The van der Waals surface area contributed by atoms with Gasteiger partial charge in [-0.1, -0.05) is 18.2 Å². The van der Waals surface area contributed by atoms with Crippen LogP contribution < -0.4 is 4.31 Å². The Morgan fingerprint density at radius 3 is 2.47 bits per heavy atom. The first-order valence-corrected chi connectivity index (χ1v) is 6.80. The van der Waals surface area contributed by atoms with E-state index in [2.05, 4.69) is 4.98 Å². The van der Waals surface area contributed by atoms with Crippen molar-refractivity contribution in [2.24, 2.45) is 0 Å². The SMILES string of the molecule is O=S(=O)(O)N(Cc1cccnc1)c1ccccc1O. The number of hydrogen-bond acceptors (Lipinski definition) is 4. The molecule has 1 heterocycles. The van der Waals surface area contributed by atoms with E-state index >= 15 is 0 Å². The molecule has 6 nitrogen and oxygen atoms in total. The van der Waals surface area contributed by atoms with Crippen LogP contribution in [-0.4, -0.2) is 23.1 Å². The second-order valence-electron chi connectivity index (χ2n) is 3.83. The van der Waals surface area contributed by atoms with Crippen LogP contribution in [-0.2, 0) is 16.8 Å². The van der Waals surface area contributed by atoms with Gasteiger partial charge in [0, 0.05) is 12.4 Å². The summed E-state index contributed by atoms with van der Waals surface area (Å²) in [5.41, 5.74) is 0.595. The molecule has 0 saturated carbocycles. The number of hydrogen-bond donors (Lipinski definition) is 2. The van der Waals surface area contributed by atoms with Crippen LogP contribution in [0.1, 0.15) is 5.56 Å². The summed E-state index contributed by atoms with van der Waals surface area (Å²) in [6.45, 7) is -0.121. The normalized spacial score (nSPS) is 11.2. The molecule has 0 amide bonds. The van der Waals surface area contributed by atoms with Crippen LogP contribution in [0.15, 0.2) is 48.8 Å². The van der Waals surface area contributed by atoms with Gasteiger partial charge in [0.1, 0.15) is 5.75 Å². The molecular weight excluding hydrogens is 268 g/mol. The van der Waals surface area contributed by atoms with Crippen molar-refractivity contribution in [2.75, 3.05) is 4.31 Å². The maximum atomic E-state index is 11.4. The Morgan fingerprint density at radius 1 is 1.16 bits per heavy atom. The molecule has 19 heavy (non-hydrogen) atoms. The highest BCUT2D eigenvalue weighted by atomic mass is 32.2. The molecule has 0 aliphatic carbocycles. The zero-order chi connectivity index (χ0) is 13.9. The quantitative estimate of drug-likeness (QED) is 0.830. The van der Waals surface area contributed by atoms with Gasteiger partial charge in [0.2, 0.25) is 0 Å². The maximum Gasteiger partial charge on any atom is 0.360 e. The lowest BCUT2D eigenvalue weighted by atomic mass is 10.2. The predicted octanol–water partition coefficient (Wildman–Crippen LogP) is 1.60. The lowest BCUT2D eigenvalue weighted by Crippen LogP contribution is -2.29. The maximum absolute atomic E-state index is 11.4. The van der Waals surface area contributed by atoms with E-state index in [1.54, 1.807) is 30.5 Å². The first-order valence-electron chi connectivity index (χ1n) is 5.40. The van der Waals surface area contributed by atoms with Gasteiger partial charge in [0.25, 0.3) is 0 Å². The van der Waals surface area contributed by atoms with E-state index in [1.807, 2.05) is 0 Å². The van der Waals surface area contributed by atoms with Crippen molar-refractivity contribution in [1.29, 1.82) is 0 Å². The number of aromatic nitrogens is 1. The van der Waals surface area contributed by atoms with E-state index in [0.29, 0.717) is 9.87 Å². The molecular formula is C12H12N2O4S. The van der Waals surface area contributed by atoms with Gasteiger partial charge >= 0.3 is 10.3 Å². The molecule has 0 aliphatic rings. The minimum absolute atomic E-state index is 0.00820. The highest BCUT2D eigenvalue weighted by molar-refractivity contribution is 7.87. The Labute approximate surface area is 110 Å². The van der Waals surface area contributed by atoms with Gasteiger partial charge in [-0.3, -0.25) is 9.54 Å². The van der Waals surface area contributed by atoms with Crippen molar-refractivity contribution in [3.05, 3.63) is 54.4 Å². The molecule has 0 fully saturated rings. The van der Waals surface area contributed by atoms with Gasteiger partial charge < -0.3 is 5.11 Å². The summed E-state index contributed by atoms with van der Waals surface area (Å²) >= 11 is 0. The number of anilines is 1. The molecule has 2 aromatic rings. The lowest BCUT2D eigenvalue weighted by molar-refractivity contribution is 0.464. The standard InChI is InChI=1S/C12H12N2O4S/c15-12-6-2-1-5-11(12)14(19(16,17)18)9-10-4-3-7-13-8-10/h1-8,15H,9H2,(H,16,17,18). The molecule has 2 N–H and O–H groups in total. The van der Waals surface area contributed by atoms with Gasteiger partial charge in [-0.15, -0.1) is 0 Å². The van der Waals surface area contributed by atoms with Crippen LogP contribution in [0.3, 0.4) is 0 Å². The van der Waals surface area contributed by atoms with E-state index in [0.717, 1.165) is 0 Å². The first kappa shape index (κ1) is 13.3. The Morgan fingerprint density at radius 2 is 1.89 bits per heavy atom. The van der Waals surface area contributed by atoms with Crippen LogP contribution in [0, 0.1) is 0 Å². The zero-order valence-corrected chi connectivity index (χ0v) is 10.7. The molecule has 0 bridgehead atoms. The summed E-state index contributed by atoms with van der Waals surface area (Å²) in [7, 11) is -4.49. The number of pyridine rings is 1. The van der Waals surface area contributed by atoms with Crippen molar-refractivity contribution in [3.8, 4) is 5.75 Å². The van der Waals surface area contributed by atoms with Crippen molar-refractivity contribution < 1.29 is 18.1 Å². The Kier molecular flexibility index (Phi) is 3.68. The van der Waals surface area contributed by atoms with Crippen molar-refractivity contribution in [2.45, 2.75) is 6.54 Å². The third-order valence-corrected chi connectivity index (χ3v) is 3.36. The fourth-order valence-corrected chi connectivity index (χ4v) is 2.34. The summed E-state index contributed by atoms with van der Waals surface area (Å²) in [6, 6.07) is 9.20. The number of phenolic OH excluding ortho intramolecular Hbond substituents is 1. The monoisotopic (exact) mass is 280 g/mol. The third kappa shape index (κ3) is 3.21. The average Bonchev–Trinajstić information content (AvgIpc) is 2.37.